The summed E-state index contributed by atoms with van der Waals surface area (Å²) in [7, 11) is 0.0665. The molecule has 34 heavy (non-hydrogen) atoms. The molecule has 1 atom stereocenters. The van der Waals surface area contributed by atoms with E-state index in [-0.39, 0.29) is 17.3 Å². The number of aryl methyl sites for hydroxylation is 2. The van der Waals surface area contributed by atoms with E-state index in [1.165, 1.54) is 4.31 Å². The Bertz CT molecular complexity index is 1300. The van der Waals surface area contributed by atoms with Crippen molar-refractivity contribution in [2.75, 3.05) is 19.0 Å². The van der Waals surface area contributed by atoms with Gasteiger partial charge in [0, 0.05) is 32.9 Å². The highest BCUT2D eigenvalue weighted by Gasteiger charge is 2.40. The van der Waals surface area contributed by atoms with E-state index in [0.717, 1.165) is 27.9 Å². The van der Waals surface area contributed by atoms with Crippen LogP contribution in [0.25, 0.3) is 0 Å². The smallest absolute Gasteiger partial charge is 0.244 e. The number of carbonyl (C=O) groups excluding carboxylic acids is 1. The zero-order chi connectivity index (χ0) is 24.5. The van der Waals surface area contributed by atoms with Crippen molar-refractivity contribution >= 4 is 21.6 Å². The average Bonchev–Trinajstić information content (AvgIpc) is 2.83. The third kappa shape index (κ3) is 4.86. The van der Waals surface area contributed by atoms with Crippen LogP contribution in [-0.4, -0.2) is 38.8 Å². The van der Waals surface area contributed by atoms with Crippen LogP contribution in [0.1, 0.15) is 27.8 Å². The number of fused-ring (bicyclic) bond motifs is 1. The van der Waals surface area contributed by atoms with Gasteiger partial charge in [0.2, 0.25) is 15.9 Å². The van der Waals surface area contributed by atoms with E-state index in [9.17, 15) is 13.2 Å². The summed E-state index contributed by atoms with van der Waals surface area (Å²) in [4.78, 5) is 15.6. The maximum Gasteiger partial charge on any atom is 0.244 e. The third-order valence-corrected chi connectivity index (χ3v) is 8.35. The number of hydrogen-bond acceptors (Lipinski definition) is 4. The van der Waals surface area contributed by atoms with Gasteiger partial charge in [0.05, 0.1) is 4.90 Å². The second-order valence-electron chi connectivity index (χ2n) is 9.09. The number of nitrogens with one attached hydrogen (secondary N) is 1. The molecule has 0 radical (unpaired) electrons. The standard InChI is InChI=1S/C27H31N3O3S/c1-19-9-10-20(2)26(15-19)34(32,33)30-18-23-8-6-5-7-22(23)16-25(30)27(31)28-17-21-11-13-24(14-12-21)29(3)4/h5-15,25H,16-18H2,1-4H3,(H,28,31)/t25-/m1/s1. The highest BCUT2D eigenvalue weighted by Crippen LogP contribution is 2.31. The fourth-order valence-electron chi connectivity index (χ4n) is 4.31. The Morgan fingerprint density at radius 1 is 1.00 bits per heavy atom. The van der Waals surface area contributed by atoms with Gasteiger partial charge in [-0.1, -0.05) is 48.5 Å². The minimum atomic E-state index is -3.88. The number of benzene rings is 3. The molecule has 0 spiro atoms. The Hall–Kier alpha value is -3.16. The fraction of sp³-hybridized carbons (Fsp3) is 0.296. The molecule has 1 amide bonds. The summed E-state index contributed by atoms with van der Waals surface area (Å²) < 4.78 is 29.0. The maximum absolute atomic E-state index is 13.8. The van der Waals surface area contributed by atoms with Gasteiger partial charge in [-0.05, 0) is 66.3 Å². The average molecular weight is 478 g/mol. The normalized spacial score (nSPS) is 16.1. The van der Waals surface area contributed by atoms with Crippen LogP contribution in [0, 0.1) is 13.8 Å². The lowest BCUT2D eigenvalue weighted by molar-refractivity contribution is -0.125. The summed E-state index contributed by atoms with van der Waals surface area (Å²) in [6.45, 7) is 4.16. The third-order valence-electron chi connectivity index (χ3n) is 6.36. The Labute approximate surface area is 202 Å². The van der Waals surface area contributed by atoms with Crippen molar-refractivity contribution < 1.29 is 13.2 Å². The Morgan fingerprint density at radius 2 is 1.68 bits per heavy atom. The minimum absolute atomic E-state index is 0.168. The largest absolute Gasteiger partial charge is 0.378 e. The first kappa shape index (κ1) is 24.0. The second-order valence-corrected chi connectivity index (χ2v) is 10.9. The Kier molecular flexibility index (Phi) is 6.77. The van der Waals surface area contributed by atoms with Gasteiger partial charge in [-0.2, -0.15) is 4.31 Å². The second kappa shape index (κ2) is 9.60. The van der Waals surface area contributed by atoms with Crippen LogP contribution < -0.4 is 10.2 Å². The zero-order valence-electron chi connectivity index (χ0n) is 20.1. The van der Waals surface area contributed by atoms with E-state index in [1.54, 1.807) is 13.0 Å². The van der Waals surface area contributed by atoms with Crippen molar-refractivity contribution in [1.29, 1.82) is 0 Å². The quantitative estimate of drug-likeness (QED) is 0.586. The van der Waals surface area contributed by atoms with E-state index >= 15 is 0 Å². The molecular weight excluding hydrogens is 446 g/mol. The van der Waals surface area contributed by atoms with Gasteiger partial charge in [0.15, 0.2) is 0 Å². The molecule has 3 aromatic carbocycles. The zero-order valence-corrected chi connectivity index (χ0v) is 20.9. The summed E-state index contributed by atoms with van der Waals surface area (Å²) in [6, 6.07) is 20.2. The molecule has 1 aliphatic rings. The van der Waals surface area contributed by atoms with Crippen LogP contribution >= 0.6 is 0 Å². The van der Waals surface area contributed by atoms with E-state index in [0.29, 0.717) is 18.5 Å². The predicted octanol–water partition coefficient (Wildman–Crippen LogP) is 3.80. The Balaban J connectivity index is 1.62. The number of carbonyl (C=O) groups is 1. The van der Waals surface area contributed by atoms with Crippen molar-refractivity contribution in [3.8, 4) is 0 Å². The van der Waals surface area contributed by atoms with Crippen molar-refractivity contribution in [2.24, 2.45) is 0 Å². The van der Waals surface area contributed by atoms with E-state index < -0.39 is 16.1 Å². The van der Waals surface area contributed by atoms with Crippen LogP contribution in [-0.2, 0) is 34.3 Å². The molecule has 1 heterocycles. The number of sulfonamides is 1. The monoisotopic (exact) mass is 477 g/mol. The lowest BCUT2D eigenvalue weighted by atomic mass is 9.95. The first-order valence-corrected chi connectivity index (χ1v) is 12.8. The summed E-state index contributed by atoms with van der Waals surface area (Å²) in [5, 5.41) is 2.97. The lowest BCUT2D eigenvalue weighted by Crippen LogP contribution is -2.52. The molecule has 1 aliphatic heterocycles. The van der Waals surface area contributed by atoms with Crippen LogP contribution in [0.4, 0.5) is 5.69 Å². The summed E-state index contributed by atoms with van der Waals surface area (Å²) in [5.74, 6) is -0.292. The molecule has 6 nitrogen and oxygen atoms in total. The predicted molar refractivity (Wildman–Crippen MR) is 135 cm³/mol. The maximum atomic E-state index is 13.8. The fourth-order valence-corrected chi connectivity index (χ4v) is 6.18. The highest BCUT2D eigenvalue weighted by atomic mass is 32.2. The Morgan fingerprint density at radius 3 is 2.35 bits per heavy atom. The molecule has 0 aromatic heterocycles. The SMILES string of the molecule is Cc1ccc(C)c(S(=O)(=O)N2Cc3ccccc3C[C@@H]2C(=O)NCc2ccc(N(C)C)cc2)c1. The molecule has 0 fully saturated rings. The van der Waals surface area contributed by atoms with Crippen molar-refractivity contribution in [1.82, 2.24) is 9.62 Å². The molecule has 7 heteroatoms. The molecule has 1 N–H and O–H groups in total. The van der Waals surface area contributed by atoms with Gasteiger partial charge < -0.3 is 10.2 Å². The van der Waals surface area contributed by atoms with Gasteiger partial charge in [-0.15, -0.1) is 0 Å². The summed E-state index contributed by atoms with van der Waals surface area (Å²) in [6.07, 6.45) is 0.339. The van der Waals surface area contributed by atoms with Crippen molar-refractivity contribution in [2.45, 2.75) is 44.3 Å². The molecule has 3 aromatic rings. The van der Waals surface area contributed by atoms with Crippen molar-refractivity contribution in [3.05, 3.63) is 94.5 Å². The molecule has 0 bridgehead atoms. The minimum Gasteiger partial charge on any atom is -0.378 e. The van der Waals surface area contributed by atoms with Crippen LogP contribution in [0.5, 0.6) is 0 Å². The van der Waals surface area contributed by atoms with Crippen LogP contribution in [0.15, 0.2) is 71.6 Å². The van der Waals surface area contributed by atoms with Gasteiger partial charge >= 0.3 is 0 Å². The van der Waals surface area contributed by atoms with Crippen molar-refractivity contribution in [3.63, 3.8) is 0 Å². The molecule has 4 rings (SSSR count). The van der Waals surface area contributed by atoms with Gasteiger partial charge in [-0.3, -0.25) is 4.79 Å². The van der Waals surface area contributed by atoms with Gasteiger partial charge in [0.25, 0.3) is 0 Å². The number of anilines is 1. The first-order valence-electron chi connectivity index (χ1n) is 11.4. The number of rotatable bonds is 6. The van der Waals surface area contributed by atoms with E-state index in [4.69, 9.17) is 0 Å². The molecule has 0 saturated carbocycles. The first-order chi connectivity index (χ1) is 16.2. The molecule has 0 unspecified atom stereocenters. The lowest BCUT2D eigenvalue weighted by Gasteiger charge is -2.35. The van der Waals surface area contributed by atoms with E-state index in [1.807, 2.05) is 86.6 Å². The topological polar surface area (TPSA) is 69.7 Å². The summed E-state index contributed by atoms with van der Waals surface area (Å²) in [5.41, 5.74) is 5.50. The van der Waals surface area contributed by atoms with Gasteiger partial charge in [0.1, 0.15) is 6.04 Å². The molecule has 0 saturated heterocycles. The van der Waals surface area contributed by atoms with E-state index in [2.05, 4.69) is 5.32 Å². The number of hydrogen-bond donors (Lipinski definition) is 1. The molecular formula is C27H31N3O3S. The summed E-state index contributed by atoms with van der Waals surface area (Å²) >= 11 is 0. The van der Waals surface area contributed by atoms with Crippen LogP contribution in [0.3, 0.4) is 0 Å². The molecule has 0 aliphatic carbocycles. The number of nitrogens with zero attached hydrogens (tertiary/aromatic N) is 2. The highest BCUT2D eigenvalue weighted by molar-refractivity contribution is 7.89. The van der Waals surface area contributed by atoms with Gasteiger partial charge in [-0.25, -0.2) is 8.42 Å². The number of amides is 1. The van der Waals surface area contributed by atoms with Crippen LogP contribution in [0.2, 0.25) is 0 Å². The molecule has 178 valence electrons.